The van der Waals surface area contributed by atoms with Gasteiger partial charge in [0, 0.05) is 64.0 Å². The lowest BCUT2D eigenvalue weighted by Crippen LogP contribution is -2.53. The number of carbonyl (C=O) groups excluding carboxylic acids is 4. The summed E-state index contributed by atoms with van der Waals surface area (Å²) in [5.74, 6) is -1.57. The maximum atomic E-state index is 13.1. The zero-order chi connectivity index (χ0) is 26.3. The average molecular weight is 503 g/mol. The van der Waals surface area contributed by atoms with Crippen LogP contribution in [0.4, 0.5) is 4.79 Å². The molecule has 198 valence electrons. The first kappa shape index (κ1) is 27.4. The van der Waals surface area contributed by atoms with Crippen molar-refractivity contribution in [3.63, 3.8) is 0 Å². The summed E-state index contributed by atoms with van der Waals surface area (Å²) >= 11 is 0. The zero-order valence-corrected chi connectivity index (χ0v) is 21.7. The standard InChI is InChI=1S/C25H38N6O5/c1-18-7-8-19(6-5-11-27-31(23(18)34)20-9-10-21(32)28-22(20)33)30-16-14-29(15-17-30)13-12-26-24(35)36-25(2,3)4/h6-8,11,18,20H,5,9-10,12-17H2,1-4H3,(H,26,35)(H,28,32,33)/b8-7-,19-6+,27-11-. The number of amides is 4. The van der Waals surface area contributed by atoms with Crippen molar-refractivity contribution >= 4 is 30.0 Å². The first-order chi connectivity index (χ1) is 17.0. The number of hydrazone groups is 1. The fourth-order valence-corrected chi connectivity index (χ4v) is 4.21. The lowest BCUT2D eigenvalue weighted by atomic mass is 10.0. The highest BCUT2D eigenvalue weighted by Gasteiger charge is 2.36. The number of nitrogens with one attached hydrogen (secondary N) is 2. The molecule has 36 heavy (non-hydrogen) atoms. The van der Waals surface area contributed by atoms with E-state index in [1.807, 2.05) is 32.9 Å². The third kappa shape index (κ3) is 7.91. The molecule has 0 aromatic carbocycles. The summed E-state index contributed by atoms with van der Waals surface area (Å²) in [5.41, 5.74) is 0.518. The molecule has 0 spiro atoms. The second-order valence-corrected chi connectivity index (χ2v) is 10.2. The van der Waals surface area contributed by atoms with Crippen molar-refractivity contribution in [2.75, 3.05) is 39.3 Å². The molecule has 2 N–H and O–H groups in total. The highest BCUT2D eigenvalue weighted by molar-refractivity contribution is 6.01. The normalized spacial score (nSPS) is 27.6. The van der Waals surface area contributed by atoms with Crippen molar-refractivity contribution in [1.29, 1.82) is 0 Å². The van der Waals surface area contributed by atoms with Gasteiger partial charge in [-0.25, -0.2) is 9.80 Å². The number of hydrogen-bond acceptors (Lipinski definition) is 8. The fourth-order valence-electron chi connectivity index (χ4n) is 4.21. The summed E-state index contributed by atoms with van der Waals surface area (Å²) < 4.78 is 5.27. The van der Waals surface area contributed by atoms with Gasteiger partial charge in [0.2, 0.25) is 11.8 Å². The van der Waals surface area contributed by atoms with Crippen molar-refractivity contribution in [3.8, 4) is 0 Å². The van der Waals surface area contributed by atoms with E-state index in [2.05, 4.69) is 31.6 Å². The van der Waals surface area contributed by atoms with Gasteiger partial charge in [0.05, 0.1) is 5.92 Å². The molecule has 3 heterocycles. The minimum absolute atomic E-state index is 0.188. The van der Waals surface area contributed by atoms with E-state index in [0.29, 0.717) is 13.0 Å². The van der Waals surface area contributed by atoms with E-state index < -0.39 is 29.6 Å². The van der Waals surface area contributed by atoms with Gasteiger partial charge in [-0.1, -0.05) is 19.1 Å². The van der Waals surface area contributed by atoms with E-state index in [4.69, 9.17) is 4.74 Å². The van der Waals surface area contributed by atoms with Crippen LogP contribution in [0.25, 0.3) is 0 Å². The van der Waals surface area contributed by atoms with Crippen LogP contribution in [-0.4, -0.2) is 95.7 Å². The van der Waals surface area contributed by atoms with Crippen LogP contribution in [0.2, 0.25) is 0 Å². The van der Waals surface area contributed by atoms with Crippen LogP contribution in [0.3, 0.4) is 0 Å². The maximum absolute atomic E-state index is 13.1. The molecule has 0 aliphatic carbocycles. The average Bonchev–Trinajstić information content (AvgIpc) is 2.80. The molecule has 2 unspecified atom stereocenters. The number of nitrogens with zero attached hydrogens (tertiary/aromatic N) is 4. The Morgan fingerprint density at radius 2 is 1.92 bits per heavy atom. The Morgan fingerprint density at radius 1 is 1.19 bits per heavy atom. The second-order valence-electron chi connectivity index (χ2n) is 10.2. The Labute approximate surface area is 212 Å². The lowest BCUT2D eigenvalue weighted by Gasteiger charge is -2.37. The monoisotopic (exact) mass is 502 g/mol. The number of hydrogen-bond donors (Lipinski definition) is 2. The number of ether oxygens (including phenoxy) is 1. The molecule has 0 bridgehead atoms. The Morgan fingerprint density at radius 3 is 2.58 bits per heavy atom. The molecule has 2 fully saturated rings. The van der Waals surface area contributed by atoms with Crippen molar-refractivity contribution in [2.24, 2.45) is 11.0 Å². The van der Waals surface area contributed by atoms with E-state index >= 15 is 0 Å². The summed E-state index contributed by atoms with van der Waals surface area (Å²) in [4.78, 5) is 53.2. The van der Waals surface area contributed by atoms with E-state index in [0.717, 1.165) is 38.4 Å². The topological polar surface area (TPSA) is 124 Å². The van der Waals surface area contributed by atoms with Crippen molar-refractivity contribution < 1.29 is 23.9 Å². The van der Waals surface area contributed by atoms with Crippen LogP contribution in [0.1, 0.15) is 47.0 Å². The Balaban J connectivity index is 1.53. The van der Waals surface area contributed by atoms with Crippen molar-refractivity contribution in [1.82, 2.24) is 25.4 Å². The van der Waals surface area contributed by atoms with Gasteiger partial charge < -0.3 is 15.0 Å². The number of piperazine rings is 1. The Bertz CT molecular complexity index is 930. The molecule has 0 aromatic rings. The fraction of sp³-hybridized carbons (Fsp3) is 0.640. The first-order valence-electron chi connectivity index (χ1n) is 12.6. The van der Waals surface area contributed by atoms with E-state index in [1.165, 1.54) is 5.01 Å². The minimum Gasteiger partial charge on any atom is -0.444 e. The highest BCUT2D eigenvalue weighted by atomic mass is 16.6. The van der Waals surface area contributed by atoms with Crippen molar-refractivity contribution in [3.05, 3.63) is 23.9 Å². The number of imide groups is 1. The number of allylic oxidation sites excluding steroid dienone is 2. The quantitative estimate of drug-likeness (QED) is 0.542. The molecule has 3 aliphatic rings. The molecule has 11 nitrogen and oxygen atoms in total. The molecule has 0 aromatic heterocycles. The molecule has 0 saturated carbocycles. The summed E-state index contributed by atoms with van der Waals surface area (Å²) in [7, 11) is 0. The molecule has 0 radical (unpaired) electrons. The van der Waals surface area contributed by atoms with Crippen LogP contribution in [-0.2, 0) is 19.1 Å². The van der Waals surface area contributed by atoms with E-state index in [1.54, 1.807) is 13.1 Å². The smallest absolute Gasteiger partial charge is 0.407 e. The van der Waals surface area contributed by atoms with Crippen LogP contribution in [0.15, 0.2) is 29.0 Å². The zero-order valence-electron chi connectivity index (χ0n) is 21.7. The molecule has 2 atom stereocenters. The van der Waals surface area contributed by atoms with E-state index in [9.17, 15) is 19.2 Å². The largest absolute Gasteiger partial charge is 0.444 e. The second kappa shape index (κ2) is 12.2. The minimum atomic E-state index is -0.775. The van der Waals surface area contributed by atoms with E-state index in [-0.39, 0.29) is 24.7 Å². The predicted molar refractivity (Wildman–Crippen MR) is 135 cm³/mol. The molecule has 3 rings (SSSR count). The number of alkyl carbamates (subject to hydrolysis) is 1. The van der Waals surface area contributed by atoms with Gasteiger partial charge in [-0.2, -0.15) is 5.10 Å². The molecule has 4 amide bonds. The summed E-state index contributed by atoms with van der Waals surface area (Å²) in [6, 6.07) is -0.775. The van der Waals surface area contributed by atoms with Crippen molar-refractivity contribution in [2.45, 2.75) is 58.6 Å². The molecule has 11 heteroatoms. The number of carbonyl (C=O) groups is 4. The Kier molecular flexibility index (Phi) is 9.25. The maximum Gasteiger partial charge on any atom is 0.407 e. The van der Waals surface area contributed by atoms with Crippen LogP contribution < -0.4 is 10.6 Å². The van der Waals surface area contributed by atoms with Gasteiger partial charge in [0.1, 0.15) is 11.6 Å². The van der Waals surface area contributed by atoms with Gasteiger partial charge in [0.15, 0.2) is 0 Å². The molecule has 3 aliphatic heterocycles. The summed E-state index contributed by atoms with van der Waals surface area (Å²) in [6.07, 6.45) is 8.05. The predicted octanol–water partition coefficient (Wildman–Crippen LogP) is 1.23. The summed E-state index contributed by atoms with van der Waals surface area (Å²) in [6.45, 7) is 11.9. The lowest BCUT2D eigenvalue weighted by molar-refractivity contribution is -0.147. The van der Waals surface area contributed by atoms with Gasteiger partial charge >= 0.3 is 6.09 Å². The molecular formula is C25H38N6O5. The molecular weight excluding hydrogens is 464 g/mol. The molecule has 2 saturated heterocycles. The number of piperidine rings is 1. The van der Waals surface area contributed by atoms with Crippen LogP contribution in [0.5, 0.6) is 0 Å². The Hall–Kier alpha value is -3.21. The van der Waals surface area contributed by atoms with Gasteiger partial charge in [-0.05, 0) is 33.3 Å². The van der Waals surface area contributed by atoms with Gasteiger partial charge in [0.25, 0.3) is 5.91 Å². The number of rotatable bonds is 5. The third-order valence-corrected chi connectivity index (χ3v) is 6.15. The van der Waals surface area contributed by atoms with Gasteiger partial charge in [-0.15, -0.1) is 0 Å². The first-order valence-corrected chi connectivity index (χ1v) is 12.6. The van der Waals surface area contributed by atoms with Crippen LogP contribution >= 0.6 is 0 Å². The highest BCUT2D eigenvalue weighted by Crippen LogP contribution is 2.19. The summed E-state index contributed by atoms with van der Waals surface area (Å²) in [5, 5.41) is 10.6. The van der Waals surface area contributed by atoms with Crippen LogP contribution in [0, 0.1) is 5.92 Å². The third-order valence-electron chi connectivity index (χ3n) is 6.15. The van der Waals surface area contributed by atoms with Gasteiger partial charge in [-0.3, -0.25) is 24.6 Å². The SMILES string of the molecule is CC1/C=C\C(N2CCN(CCNC(=O)OC(C)(C)C)CC2)=C/C/C=N\N(C2CCC(=O)NC2=O)C1=O.